The van der Waals surface area contributed by atoms with Crippen LogP contribution in [0.2, 0.25) is 5.02 Å². The third-order valence-electron chi connectivity index (χ3n) is 8.35. The molecule has 2 amide bonds. The van der Waals surface area contributed by atoms with Crippen molar-refractivity contribution in [3.63, 3.8) is 0 Å². The Kier molecular flexibility index (Phi) is 10.00. The number of allylic oxidation sites excluding steroid dienone is 4. The van der Waals surface area contributed by atoms with E-state index in [0.717, 1.165) is 18.4 Å². The standard InChI is InChI=1S/C31H40Cl2F2N4O2/c1-19(6-5-7-21(33)18-35)26-27(28(40)36-22-10-13-39(14-11-22)15-12-34)38-25(17-30(2,3)4)31(26)23-9-8-20(32)16-24(23)37-29(31)41/h5-9,16,22,25-27,38H,1,10-15,17-18H2,2-4H3,(H,36,40)(H,37,41)/b6-5-,21-7+/t25-,26+,27-,31+/m1/s1. The summed E-state index contributed by atoms with van der Waals surface area (Å²) in [5, 5.41) is 10.3. The summed E-state index contributed by atoms with van der Waals surface area (Å²) in [7, 11) is 0. The van der Waals surface area contributed by atoms with Gasteiger partial charge in [0.1, 0.15) is 18.8 Å². The highest BCUT2D eigenvalue weighted by Gasteiger charge is 2.65. The number of nitrogens with one attached hydrogen (secondary N) is 3. The van der Waals surface area contributed by atoms with Crippen LogP contribution in [0.3, 0.4) is 0 Å². The second-order valence-electron chi connectivity index (χ2n) is 12.4. The van der Waals surface area contributed by atoms with Gasteiger partial charge in [-0.3, -0.25) is 9.59 Å². The third kappa shape index (κ3) is 6.71. The number of carbonyl (C=O) groups excluding carboxylic acids is 2. The van der Waals surface area contributed by atoms with Gasteiger partial charge in [-0.1, -0.05) is 68.8 Å². The molecular weight excluding hydrogens is 569 g/mol. The van der Waals surface area contributed by atoms with E-state index in [2.05, 4.69) is 48.2 Å². The number of benzene rings is 1. The first-order valence-corrected chi connectivity index (χ1v) is 14.9. The number of hydrogen-bond acceptors (Lipinski definition) is 4. The van der Waals surface area contributed by atoms with Crippen LogP contribution >= 0.6 is 23.2 Å². The van der Waals surface area contributed by atoms with Crippen LogP contribution in [0.5, 0.6) is 0 Å². The van der Waals surface area contributed by atoms with Crippen LogP contribution in [0.25, 0.3) is 0 Å². The zero-order valence-electron chi connectivity index (χ0n) is 23.9. The number of piperidine rings is 1. The number of amides is 2. The molecule has 0 aliphatic carbocycles. The number of anilines is 1. The van der Waals surface area contributed by atoms with Crippen LogP contribution in [0, 0.1) is 11.3 Å². The van der Waals surface area contributed by atoms with Crippen molar-refractivity contribution in [2.24, 2.45) is 11.3 Å². The summed E-state index contributed by atoms with van der Waals surface area (Å²) in [6.45, 7) is 11.3. The second kappa shape index (κ2) is 12.9. The van der Waals surface area contributed by atoms with Crippen molar-refractivity contribution in [3.8, 4) is 0 Å². The predicted molar refractivity (Wildman–Crippen MR) is 162 cm³/mol. The normalized spacial score (nSPS) is 27.4. The molecule has 224 valence electrons. The summed E-state index contributed by atoms with van der Waals surface area (Å²) in [5.41, 5.74) is 0.610. The van der Waals surface area contributed by atoms with Crippen LogP contribution in [-0.2, 0) is 15.0 Å². The largest absolute Gasteiger partial charge is 0.352 e. The predicted octanol–water partition coefficient (Wildman–Crippen LogP) is 5.68. The lowest BCUT2D eigenvalue weighted by atomic mass is 9.62. The fourth-order valence-corrected chi connectivity index (χ4v) is 6.85. The summed E-state index contributed by atoms with van der Waals surface area (Å²) in [6, 6.07) is 4.13. The Morgan fingerprint density at radius 2 is 1.98 bits per heavy atom. The van der Waals surface area contributed by atoms with Crippen LogP contribution in [0.4, 0.5) is 14.5 Å². The summed E-state index contributed by atoms with van der Waals surface area (Å²) in [4.78, 5) is 30.2. The van der Waals surface area contributed by atoms with Crippen molar-refractivity contribution < 1.29 is 18.4 Å². The van der Waals surface area contributed by atoms with E-state index in [0.29, 0.717) is 42.3 Å². The highest BCUT2D eigenvalue weighted by Crippen LogP contribution is 2.55. The number of rotatable bonds is 9. The quantitative estimate of drug-likeness (QED) is 0.316. The molecule has 1 aromatic carbocycles. The van der Waals surface area contributed by atoms with E-state index < -0.39 is 36.8 Å². The first-order valence-electron chi connectivity index (χ1n) is 14.1. The molecule has 3 aliphatic heterocycles. The zero-order valence-corrected chi connectivity index (χ0v) is 25.4. The Morgan fingerprint density at radius 3 is 2.61 bits per heavy atom. The molecule has 3 heterocycles. The minimum Gasteiger partial charge on any atom is -0.352 e. The molecule has 10 heteroatoms. The van der Waals surface area contributed by atoms with Crippen molar-refractivity contribution in [1.29, 1.82) is 0 Å². The van der Waals surface area contributed by atoms with E-state index in [1.807, 2.05) is 6.07 Å². The number of carbonyl (C=O) groups is 2. The molecule has 6 nitrogen and oxygen atoms in total. The summed E-state index contributed by atoms with van der Waals surface area (Å²) < 4.78 is 25.8. The Hall–Kier alpha value is -2.26. The van der Waals surface area contributed by atoms with Gasteiger partial charge in [-0.15, -0.1) is 0 Å². The molecule has 0 radical (unpaired) electrons. The smallest absolute Gasteiger partial charge is 0.238 e. The monoisotopic (exact) mass is 608 g/mol. The third-order valence-corrected chi connectivity index (χ3v) is 8.82. The Labute approximate surface area is 251 Å². The van der Waals surface area contributed by atoms with Gasteiger partial charge in [0.2, 0.25) is 11.8 Å². The van der Waals surface area contributed by atoms with E-state index in [4.69, 9.17) is 23.2 Å². The maximum atomic E-state index is 14.2. The lowest BCUT2D eigenvalue weighted by molar-refractivity contribution is -0.125. The van der Waals surface area contributed by atoms with Crippen molar-refractivity contribution in [2.75, 3.05) is 38.3 Å². The molecule has 0 unspecified atom stereocenters. The molecule has 0 bridgehead atoms. The average Bonchev–Trinajstić information content (AvgIpc) is 3.38. The van der Waals surface area contributed by atoms with Gasteiger partial charge in [0.25, 0.3) is 0 Å². The van der Waals surface area contributed by atoms with Gasteiger partial charge in [0, 0.05) is 53.4 Å². The maximum Gasteiger partial charge on any atom is 0.238 e. The van der Waals surface area contributed by atoms with Gasteiger partial charge in [-0.05, 0) is 54.0 Å². The molecular formula is C31H40Cl2F2N4O2. The van der Waals surface area contributed by atoms with Gasteiger partial charge in [0.05, 0.1) is 6.04 Å². The Bertz CT molecular complexity index is 1220. The number of nitrogens with zero attached hydrogens (tertiary/aromatic N) is 1. The number of alkyl halides is 2. The maximum absolute atomic E-state index is 14.2. The molecule has 0 saturated carbocycles. The average molecular weight is 610 g/mol. The molecule has 1 aromatic rings. The zero-order chi connectivity index (χ0) is 29.9. The minimum atomic E-state index is -1.14. The molecule has 3 aliphatic rings. The summed E-state index contributed by atoms with van der Waals surface area (Å²) in [5.74, 6) is -1.09. The van der Waals surface area contributed by atoms with Crippen LogP contribution in [0.15, 0.2) is 53.6 Å². The lowest BCUT2D eigenvalue weighted by Crippen LogP contribution is -2.52. The van der Waals surface area contributed by atoms with Crippen molar-refractivity contribution >= 4 is 40.7 Å². The first kappa shape index (κ1) is 31.7. The highest BCUT2D eigenvalue weighted by molar-refractivity contribution is 6.31. The van der Waals surface area contributed by atoms with E-state index in [9.17, 15) is 18.4 Å². The minimum absolute atomic E-state index is 0.0333. The fraction of sp³-hybridized carbons (Fsp3) is 0.548. The van der Waals surface area contributed by atoms with E-state index in [1.54, 1.807) is 24.3 Å². The van der Waals surface area contributed by atoms with Crippen LogP contribution < -0.4 is 16.0 Å². The molecule has 1 spiro atoms. The van der Waals surface area contributed by atoms with Crippen LogP contribution in [-0.4, -0.2) is 67.8 Å². The lowest BCUT2D eigenvalue weighted by Gasteiger charge is -2.38. The molecule has 4 rings (SSSR count). The second-order valence-corrected chi connectivity index (χ2v) is 13.4. The number of halogens is 4. The highest BCUT2D eigenvalue weighted by atomic mass is 35.5. The number of likely N-dealkylation sites (tertiary alicyclic amines) is 1. The number of fused-ring (bicyclic) bond motifs is 2. The Morgan fingerprint density at radius 1 is 1.27 bits per heavy atom. The number of hydrogen-bond donors (Lipinski definition) is 3. The van der Waals surface area contributed by atoms with Gasteiger partial charge in [-0.25, -0.2) is 8.78 Å². The van der Waals surface area contributed by atoms with E-state index >= 15 is 0 Å². The van der Waals surface area contributed by atoms with Gasteiger partial charge < -0.3 is 20.9 Å². The van der Waals surface area contributed by atoms with E-state index in [1.165, 1.54) is 6.08 Å². The fourth-order valence-electron chi connectivity index (χ4n) is 6.61. The summed E-state index contributed by atoms with van der Waals surface area (Å²) >= 11 is 12.2. The van der Waals surface area contributed by atoms with Crippen molar-refractivity contribution in [2.45, 2.75) is 63.6 Å². The van der Waals surface area contributed by atoms with E-state index in [-0.39, 0.29) is 28.3 Å². The molecule has 41 heavy (non-hydrogen) atoms. The first-order chi connectivity index (χ1) is 19.4. The van der Waals surface area contributed by atoms with Gasteiger partial charge >= 0.3 is 0 Å². The molecule has 2 fully saturated rings. The molecule has 0 aromatic heterocycles. The van der Waals surface area contributed by atoms with Gasteiger partial charge in [0.15, 0.2) is 0 Å². The topological polar surface area (TPSA) is 73.5 Å². The molecule has 3 N–H and O–H groups in total. The van der Waals surface area contributed by atoms with Crippen molar-refractivity contribution in [1.82, 2.24) is 15.5 Å². The molecule has 2 saturated heterocycles. The SMILES string of the molecule is C=C(/C=C\C=C(\Cl)CF)[C@H]1[C@H](C(=O)NC2CCN(CCF)CC2)N[C@H](CC(C)(C)C)[C@]12C(=O)Nc1cc(Cl)ccc12. The van der Waals surface area contributed by atoms with Gasteiger partial charge in [-0.2, -0.15) is 0 Å². The van der Waals surface area contributed by atoms with Crippen molar-refractivity contribution in [3.05, 3.63) is 64.2 Å². The summed E-state index contributed by atoms with van der Waals surface area (Å²) in [6.07, 6.45) is 6.78. The van der Waals surface area contributed by atoms with Crippen LogP contribution in [0.1, 0.15) is 45.6 Å². The molecule has 4 atom stereocenters. The Balaban J connectivity index is 1.75.